The highest BCUT2D eigenvalue weighted by atomic mass is 16.2. The summed E-state index contributed by atoms with van der Waals surface area (Å²) < 4.78 is 0. The molecule has 1 unspecified atom stereocenters. The summed E-state index contributed by atoms with van der Waals surface area (Å²) in [5.41, 5.74) is 1.30. The number of hydrogen-bond acceptors (Lipinski definition) is 3. The van der Waals surface area contributed by atoms with Crippen LogP contribution in [0.1, 0.15) is 23.7 Å². The Bertz CT molecular complexity index is 436. The first kappa shape index (κ1) is 12.6. The van der Waals surface area contributed by atoms with Crippen molar-refractivity contribution in [3.8, 4) is 0 Å². The van der Waals surface area contributed by atoms with E-state index < -0.39 is 0 Å². The summed E-state index contributed by atoms with van der Waals surface area (Å²) in [5.74, 6) is -0.192. The Morgan fingerprint density at radius 1 is 1.28 bits per heavy atom. The molecule has 1 heterocycles. The summed E-state index contributed by atoms with van der Waals surface area (Å²) in [6.45, 7) is 3.23. The number of amides is 2. The van der Waals surface area contributed by atoms with Crippen molar-refractivity contribution in [3.05, 3.63) is 29.8 Å². The van der Waals surface area contributed by atoms with Crippen LogP contribution in [-0.2, 0) is 4.79 Å². The van der Waals surface area contributed by atoms with Crippen molar-refractivity contribution in [2.24, 2.45) is 0 Å². The predicted octanol–water partition coefficient (Wildman–Crippen LogP) is 0.737. The summed E-state index contributed by atoms with van der Waals surface area (Å²) in [5, 5.41) is 8.83. The van der Waals surface area contributed by atoms with Gasteiger partial charge in [-0.3, -0.25) is 9.59 Å². The van der Waals surface area contributed by atoms with Gasteiger partial charge >= 0.3 is 0 Å². The predicted molar refractivity (Wildman–Crippen MR) is 69.5 cm³/mol. The number of benzene rings is 1. The molecule has 1 saturated heterocycles. The Morgan fingerprint density at radius 2 is 2.00 bits per heavy atom. The third kappa shape index (κ3) is 3.30. The lowest BCUT2D eigenvalue weighted by Gasteiger charge is -2.11. The van der Waals surface area contributed by atoms with Gasteiger partial charge in [0.25, 0.3) is 5.91 Å². The lowest BCUT2D eigenvalue weighted by Crippen LogP contribution is -2.36. The molecule has 2 amide bonds. The van der Waals surface area contributed by atoms with E-state index in [-0.39, 0.29) is 17.9 Å². The number of nitrogens with one attached hydrogen (secondary N) is 3. The first-order valence-electron chi connectivity index (χ1n) is 6.04. The van der Waals surface area contributed by atoms with Gasteiger partial charge in [-0.2, -0.15) is 0 Å². The van der Waals surface area contributed by atoms with Gasteiger partial charge < -0.3 is 16.0 Å². The van der Waals surface area contributed by atoms with Crippen LogP contribution < -0.4 is 16.0 Å². The van der Waals surface area contributed by atoms with Gasteiger partial charge in [0.1, 0.15) is 0 Å². The highest BCUT2D eigenvalue weighted by molar-refractivity contribution is 5.95. The molecular formula is C13H17N3O2. The average molecular weight is 247 g/mol. The Labute approximate surface area is 106 Å². The van der Waals surface area contributed by atoms with E-state index in [9.17, 15) is 9.59 Å². The van der Waals surface area contributed by atoms with Gasteiger partial charge in [0.05, 0.1) is 0 Å². The van der Waals surface area contributed by atoms with Crippen LogP contribution in [0.15, 0.2) is 24.3 Å². The minimum atomic E-state index is -0.121. The van der Waals surface area contributed by atoms with Crippen LogP contribution in [0.25, 0.3) is 0 Å². The molecule has 96 valence electrons. The van der Waals surface area contributed by atoms with Crippen LogP contribution in [0.3, 0.4) is 0 Å². The SMILES string of the molecule is CC(=O)Nc1ccc(C(=O)NC2CCNC2)cc1. The zero-order valence-electron chi connectivity index (χ0n) is 10.3. The second-order valence-electron chi connectivity index (χ2n) is 4.42. The molecule has 2 rings (SSSR count). The van der Waals surface area contributed by atoms with Gasteiger partial charge in [0.2, 0.25) is 5.91 Å². The second-order valence-corrected chi connectivity index (χ2v) is 4.42. The summed E-state index contributed by atoms with van der Waals surface area (Å²) in [7, 11) is 0. The normalized spacial score (nSPS) is 18.4. The largest absolute Gasteiger partial charge is 0.348 e. The van der Waals surface area contributed by atoms with Gasteiger partial charge in [0.15, 0.2) is 0 Å². The summed E-state index contributed by atoms with van der Waals surface area (Å²) in [6, 6.07) is 7.09. The standard InChI is InChI=1S/C13H17N3O2/c1-9(17)15-11-4-2-10(3-5-11)13(18)16-12-6-7-14-8-12/h2-5,12,14H,6-8H2,1H3,(H,15,17)(H,16,18). The maximum atomic E-state index is 11.9. The van der Waals surface area contributed by atoms with Crippen molar-refractivity contribution in [1.29, 1.82) is 0 Å². The molecule has 1 aromatic carbocycles. The fourth-order valence-corrected chi connectivity index (χ4v) is 1.95. The van der Waals surface area contributed by atoms with Crippen molar-refractivity contribution in [2.75, 3.05) is 18.4 Å². The van der Waals surface area contributed by atoms with Gasteiger partial charge in [-0.25, -0.2) is 0 Å². The first-order valence-corrected chi connectivity index (χ1v) is 6.04. The summed E-state index contributed by atoms with van der Waals surface area (Å²) >= 11 is 0. The van der Waals surface area contributed by atoms with Crippen molar-refractivity contribution in [3.63, 3.8) is 0 Å². The molecule has 1 fully saturated rings. The molecule has 0 aliphatic carbocycles. The maximum Gasteiger partial charge on any atom is 0.251 e. The van der Waals surface area contributed by atoms with Crippen molar-refractivity contribution >= 4 is 17.5 Å². The minimum Gasteiger partial charge on any atom is -0.348 e. The highest BCUT2D eigenvalue weighted by Crippen LogP contribution is 2.10. The van der Waals surface area contributed by atoms with Crippen molar-refractivity contribution < 1.29 is 9.59 Å². The fraction of sp³-hybridized carbons (Fsp3) is 0.385. The summed E-state index contributed by atoms with van der Waals surface area (Å²) in [4.78, 5) is 22.8. The quantitative estimate of drug-likeness (QED) is 0.737. The van der Waals surface area contributed by atoms with E-state index in [0.717, 1.165) is 19.5 Å². The van der Waals surface area contributed by atoms with Crippen LogP contribution in [-0.4, -0.2) is 30.9 Å². The van der Waals surface area contributed by atoms with E-state index in [0.29, 0.717) is 11.3 Å². The molecule has 5 nitrogen and oxygen atoms in total. The van der Waals surface area contributed by atoms with Crippen molar-refractivity contribution in [1.82, 2.24) is 10.6 Å². The molecule has 0 radical (unpaired) electrons. The van der Waals surface area contributed by atoms with Crippen LogP contribution in [0.2, 0.25) is 0 Å². The number of hydrogen-bond donors (Lipinski definition) is 3. The molecule has 5 heteroatoms. The molecule has 1 aliphatic heterocycles. The molecule has 3 N–H and O–H groups in total. The van der Waals surface area contributed by atoms with Gasteiger partial charge in [-0.05, 0) is 37.2 Å². The fourth-order valence-electron chi connectivity index (χ4n) is 1.95. The zero-order valence-corrected chi connectivity index (χ0v) is 10.3. The number of carbonyl (C=O) groups is 2. The topological polar surface area (TPSA) is 70.2 Å². The van der Waals surface area contributed by atoms with Crippen LogP contribution in [0, 0.1) is 0 Å². The Morgan fingerprint density at radius 3 is 2.56 bits per heavy atom. The molecule has 18 heavy (non-hydrogen) atoms. The molecule has 1 atom stereocenters. The smallest absolute Gasteiger partial charge is 0.251 e. The van der Waals surface area contributed by atoms with Gasteiger partial charge in [-0.15, -0.1) is 0 Å². The highest BCUT2D eigenvalue weighted by Gasteiger charge is 2.17. The average Bonchev–Trinajstić information content (AvgIpc) is 2.82. The Hall–Kier alpha value is -1.88. The maximum absolute atomic E-state index is 11.9. The number of anilines is 1. The molecule has 1 aromatic rings. The summed E-state index contributed by atoms with van der Waals surface area (Å²) in [6.07, 6.45) is 0.968. The van der Waals surface area contributed by atoms with E-state index in [1.807, 2.05) is 0 Å². The van der Waals surface area contributed by atoms with E-state index in [4.69, 9.17) is 0 Å². The van der Waals surface area contributed by atoms with Crippen LogP contribution in [0.5, 0.6) is 0 Å². The molecule has 0 aromatic heterocycles. The lowest BCUT2D eigenvalue weighted by atomic mass is 10.1. The number of carbonyl (C=O) groups excluding carboxylic acids is 2. The monoisotopic (exact) mass is 247 g/mol. The van der Waals surface area contributed by atoms with Gasteiger partial charge in [-0.1, -0.05) is 0 Å². The molecule has 0 bridgehead atoms. The molecule has 1 aliphatic rings. The first-order chi connectivity index (χ1) is 8.65. The van der Waals surface area contributed by atoms with E-state index in [1.54, 1.807) is 24.3 Å². The molecular weight excluding hydrogens is 230 g/mol. The van der Waals surface area contributed by atoms with E-state index >= 15 is 0 Å². The van der Waals surface area contributed by atoms with Crippen molar-refractivity contribution in [2.45, 2.75) is 19.4 Å². The number of rotatable bonds is 3. The van der Waals surface area contributed by atoms with E-state index in [2.05, 4.69) is 16.0 Å². The lowest BCUT2D eigenvalue weighted by molar-refractivity contribution is -0.114. The minimum absolute atomic E-state index is 0.0712. The second kappa shape index (κ2) is 5.64. The third-order valence-corrected chi connectivity index (χ3v) is 2.86. The Kier molecular flexibility index (Phi) is 3.94. The molecule has 0 spiro atoms. The van der Waals surface area contributed by atoms with Crippen LogP contribution in [0.4, 0.5) is 5.69 Å². The Balaban J connectivity index is 1.95. The van der Waals surface area contributed by atoms with E-state index in [1.165, 1.54) is 6.92 Å². The molecule has 0 saturated carbocycles. The van der Waals surface area contributed by atoms with Gasteiger partial charge in [0, 0.05) is 30.8 Å². The van der Waals surface area contributed by atoms with Crippen LogP contribution >= 0.6 is 0 Å². The zero-order chi connectivity index (χ0) is 13.0. The third-order valence-electron chi connectivity index (χ3n) is 2.86.